The van der Waals surface area contributed by atoms with Crippen molar-refractivity contribution in [3.63, 3.8) is 0 Å². The summed E-state index contributed by atoms with van der Waals surface area (Å²) in [6.07, 6.45) is 0. The van der Waals surface area contributed by atoms with E-state index in [1.807, 2.05) is 158 Å². The lowest BCUT2D eigenvalue weighted by atomic mass is 10.0. The molecule has 10 heteroatoms. The summed E-state index contributed by atoms with van der Waals surface area (Å²) in [6, 6.07) is 66.1. The van der Waals surface area contributed by atoms with Crippen molar-refractivity contribution in [1.82, 2.24) is 19.9 Å². The molecule has 10 nitrogen and oxygen atoms in total. The van der Waals surface area contributed by atoms with Crippen molar-refractivity contribution >= 4 is 56.2 Å². The molecule has 0 aliphatic rings. The van der Waals surface area contributed by atoms with Gasteiger partial charge in [-0.2, -0.15) is 0 Å². The Morgan fingerprint density at radius 1 is 0.387 bits per heavy atom. The van der Waals surface area contributed by atoms with Crippen LogP contribution in [0.3, 0.4) is 0 Å². The number of nitrogens with two attached hydrogens (primary N) is 1. The van der Waals surface area contributed by atoms with E-state index in [2.05, 4.69) is 34.9 Å². The smallest absolute Gasteiger partial charge is 0.269 e. The first-order chi connectivity index (χ1) is 30.5. The Balaban J connectivity index is 0.000000158. The highest BCUT2D eigenvalue weighted by molar-refractivity contribution is 5.95. The molecule has 0 amide bonds. The molecule has 0 atom stereocenters. The van der Waals surface area contributed by atoms with E-state index in [1.54, 1.807) is 12.1 Å². The Hall–Kier alpha value is -8.76. The molecule has 0 spiro atoms. The number of aromatic nitrogens is 4. The number of nitro benzene ring substituents is 1. The van der Waals surface area contributed by atoms with Crippen LogP contribution in [0.5, 0.6) is 0 Å². The third-order valence-corrected chi connectivity index (χ3v) is 10.1. The third kappa shape index (κ3) is 8.52. The number of hydrogen-bond donors (Lipinski definition) is 3. The number of nitrogens with zero attached hydrogens (tertiary/aromatic N) is 5. The number of hydrogen-bond acceptors (Lipinski definition) is 9. The maximum atomic E-state index is 10.9. The Morgan fingerprint density at radius 2 is 0.726 bits per heavy atom. The summed E-state index contributed by atoms with van der Waals surface area (Å²) in [5.74, 6) is 0. The van der Waals surface area contributed by atoms with Gasteiger partial charge in [-0.25, -0.2) is 19.9 Å². The molecule has 0 radical (unpaired) electrons. The van der Waals surface area contributed by atoms with Gasteiger partial charge in [0.25, 0.3) is 5.69 Å². The first kappa shape index (κ1) is 38.7. The van der Waals surface area contributed by atoms with Crippen LogP contribution in [0.2, 0.25) is 0 Å². The van der Waals surface area contributed by atoms with E-state index >= 15 is 0 Å². The fraction of sp³-hybridized carbons (Fsp3) is 0. The molecule has 0 saturated heterocycles. The highest BCUT2D eigenvalue weighted by Crippen LogP contribution is 2.36. The van der Waals surface area contributed by atoms with E-state index < -0.39 is 4.92 Å². The van der Waals surface area contributed by atoms with Gasteiger partial charge in [-0.15, -0.1) is 0 Å². The number of non-ortho nitro benzene ring substituents is 1. The van der Waals surface area contributed by atoms with Gasteiger partial charge in [0.05, 0.1) is 50.1 Å². The number of rotatable bonds is 9. The third-order valence-electron chi connectivity index (χ3n) is 10.1. The zero-order chi connectivity index (χ0) is 42.3. The van der Waals surface area contributed by atoms with E-state index in [9.17, 15) is 10.1 Å². The van der Waals surface area contributed by atoms with Gasteiger partial charge in [-0.3, -0.25) is 10.1 Å². The quantitative estimate of drug-likeness (QED) is 0.0737. The number of nitrogens with one attached hydrogen (secondary N) is 2. The predicted octanol–water partition coefficient (Wildman–Crippen LogP) is 12.9. The maximum absolute atomic E-state index is 10.9. The molecule has 62 heavy (non-hydrogen) atoms. The number of para-hydroxylation sites is 2. The number of anilines is 5. The van der Waals surface area contributed by atoms with Crippen LogP contribution in [0, 0.1) is 10.1 Å². The summed E-state index contributed by atoms with van der Waals surface area (Å²) in [4.78, 5) is 30.6. The van der Waals surface area contributed by atoms with E-state index in [-0.39, 0.29) is 5.69 Å². The van der Waals surface area contributed by atoms with Gasteiger partial charge in [0.15, 0.2) is 0 Å². The molecular weight excluding hydrogens is 769 g/mol. The second-order valence-corrected chi connectivity index (χ2v) is 14.3. The molecule has 2 heterocycles. The molecule has 0 aliphatic carbocycles. The lowest BCUT2D eigenvalue weighted by Crippen LogP contribution is -1.99. The fourth-order valence-electron chi connectivity index (χ4n) is 7.09. The molecule has 298 valence electrons. The van der Waals surface area contributed by atoms with Crippen LogP contribution in [-0.2, 0) is 0 Å². The summed E-state index contributed by atoms with van der Waals surface area (Å²) >= 11 is 0. The molecule has 0 unspecified atom stereocenters. The van der Waals surface area contributed by atoms with Gasteiger partial charge in [0.1, 0.15) is 11.0 Å². The first-order valence-electron chi connectivity index (χ1n) is 19.9. The van der Waals surface area contributed by atoms with Gasteiger partial charge in [-0.05, 0) is 60.7 Å². The first-order valence-corrected chi connectivity index (χ1v) is 19.9. The number of nitrogen functional groups attached to an aromatic ring is 1. The molecule has 0 saturated carbocycles. The van der Waals surface area contributed by atoms with Crippen LogP contribution in [0.15, 0.2) is 206 Å². The predicted molar refractivity (Wildman–Crippen MR) is 251 cm³/mol. The maximum Gasteiger partial charge on any atom is 0.269 e. The van der Waals surface area contributed by atoms with Crippen molar-refractivity contribution in [3.05, 3.63) is 216 Å². The number of nitro groups is 1. The van der Waals surface area contributed by atoms with Gasteiger partial charge < -0.3 is 16.4 Å². The van der Waals surface area contributed by atoms with Crippen LogP contribution in [0.4, 0.5) is 34.1 Å². The minimum absolute atomic E-state index is 0.0483. The topological polar surface area (TPSA) is 145 Å². The monoisotopic (exact) mass is 806 g/mol. The van der Waals surface area contributed by atoms with Gasteiger partial charge in [-0.1, -0.05) is 133 Å². The Kier molecular flexibility index (Phi) is 11.0. The molecule has 0 fully saturated rings. The largest absolute Gasteiger partial charge is 0.399 e. The summed E-state index contributed by atoms with van der Waals surface area (Å²) in [6.45, 7) is 0. The average molecular weight is 807 g/mol. The van der Waals surface area contributed by atoms with Crippen molar-refractivity contribution in [3.8, 4) is 45.0 Å². The zero-order valence-corrected chi connectivity index (χ0v) is 33.3. The van der Waals surface area contributed by atoms with Crippen LogP contribution >= 0.6 is 0 Å². The molecule has 8 aromatic carbocycles. The van der Waals surface area contributed by atoms with Gasteiger partial charge in [0.2, 0.25) is 0 Å². The highest BCUT2D eigenvalue weighted by Gasteiger charge is 2.17. The van der Waals surface area contributed by atoms with Crippen LogP contribution in [0.1, 0.15) is 0 Å². The molecular formula is C52H38N8O2. The van der Waals surface area contributed by atoms with E-state index in [4.69, 9.17) is 25.7 Å². The van der Waals surface area contributed by atoms with Crippen molar-refractivity contribution < 1.29 is 4.92 Å². The Labute approximate surface area is 357 Å². The standard InChI is InChI=1S/C26H18N4O2.C26H20N4/c31-30(32)21-16-14-20(15-17-21)27-22-12-7-13-23-26(22)29-25(19-10-5-2-6-11-19)24(28-23)18-8-3-1-4-9-18;27-20-14-16-21(17-15-20)28-22-12-7-13-23-26(22)30-25(19-10-5-2-6-11-19)24(29-23)18-8-3-1-4-9-18/h1-17,27H;1-17,28H,27H2. The summed E-state index contributed by atoms with van der Waals surface area (Å²) in [5.41, 5.74) is 20.5. The van der Waals surface area contributed by atoms with Crippen molar-refractivity contribution in [1.29, 1.82) is 0 Å². The lowest BCUT2D eigenvalue weighted by molar-refractivity contribution is -0.384. The van der Waals surface area contributed by atoms with Crippen LogP contribution in [0.25, 0.3) is 67.1 Å². The Morgan fingerprint density at radius 3 is 1.08 bits per heavy atom. The SMILES string of the molecule is Nc1ccc(Nc2cccc3nc(-c4ccccc4)c(-c4ccccc4)nc23)cc1.O=[N+]([O-])c1ccc(Nc2cccc3nc(-c4ccccc4)c(-c4ccccc4)nc23)cc1. The fourth-order valence-corrected chi connectivity index (χ4v) is 7.09. The van der Waals surface area contributed by atoms with Crippen molar-refractivity contribution in [2.24, 2.45) is 0 Å². The highest BCUT2D eigenvalue weighted by atomic mass is 16.6. The van der Waals surface area contributed by atoms with Crippen molar-refractivity contribution in [2.75, 3.05) is 16.4 Å². The lowest BCUT2D eigenvalue weighted by Gasteiger charge is -2.14. The molecule has 10 rings (SSSR count). The molecule has 4 N–H and O–H groups in total. The normalized spacial score (nSPS) is 10.8. The zero-order valence-electron chi connectivity index (χ0n) is 33.3. The van der Waals surface area contributed by atoms with Crippen molar-refractivity contribution in [2.45, 2.75) is 0 Å². The molecule has 10 aromatic rings. The second kappa shape index (κ2) is 17.6. The summed E-state index contributed by atoms with van der Waals surface area (Å²) < 4.78 is 0. The minimum Gasteiger partial charge on any atom is -0.399 e. The van der Waals surface area contributed by atoms with E-state index in [0.717, 1.165) is 95.5 Å². The molecule has 0 bridgehead atoms. The molecule has 2 aromatic heterocycles. The van der Waals surface area contributed by atoms with Crippen LogP contribution in [-0.4, -0.2) is 24.9 Å². The summed E-state index contributed by atoms with van der Waals surface area (Å²) in [7, 11) is 0. The minimum atomic E-state index is -0.412. The van der Waals surface area contributed by atoms with Gasteiger partial charge in [0, 0.05) is 51.4 Å². The summed E-state index contributed by atoms with van der Waals surface area (Å²) in [5, 5.41) is 17.7. The molecule has 0 aliphatic heterocycles. The second-order valence-electron chi connectivity index (χ2n) is 14.3. The Bertz CT molecular complexity index is 3130. The number of fused-ring (bicyclic) bond motifs is 2. The van der Waals surface area contributed by atoms with Crippen LogP contribution < -0.4 is 16.4 Å². The average Bonchev–Trinajstić information content (AvgIpc) is 3.33. The van der Waals surface area contributed by atoms with E-state index in [1.165, 1.54) is 12.1 Å². The van der Waals surface area contributed by atoms with E-state index in [0.29, 0.717) is 0 Å². The number of benzene rings is 8. The van der Waals surface area contributed by atoms with Gasteiger partial charge >= 0.3 is 0 Å².